The van der Waals surface area contributed by atoms with Crippen LogP contribution in [-0.4, -0.2) is 37.1 Å². The molecule has 0 radical (unpaired) electrons. The van der Waals surface area contributed by atoms with E-state index in [9.17, 15) is 18.0 Å². The van der Waals surface area contributed by atoms with E-state index in [4.69, 9.17) is 27.8 Å². The average molecular weight is 630 g/mol. The van der Waals surface area contributed by atoms with E-state index in [2.05, 4.69) is 36.6 Å². The molecule has 222 valence electrons. The molecule has 0 bridgehead atoms. The van der Waals surface area contributed by atoms with Crippen molar-refractivity contribution in [3.63, 3.8) is 0 Å². The molecule has 1 aliphatic rings. The van der Waals surface area contributed by atoms with Gasteiger partial charge in [0.2, 0.25) is 5.91 Å². The fourth-order valence-electron chi connectivity index (χ4n) is 5.01. The minimum Gasteiger partial charge on any atom is -0.351 e. The van der Waals surface area contributed by atoms with Crippen molar-refractivity contribution in [3.8, 4) is 11.1 Å². The van der Waals surface area contributed by atoms with E-state index in [1.54, 1.807) is 36.4 Å². The van der Waals surface area contributed by atoms with Crippen LogP contribution in [0.1, 0.15) is 42.6 Å². The van der Waals surface area contributed by atoms with Crippen molar-refractivity contribution in [2.45, 2.75) is 33.1 Å². The van der Waals surface area contributed by atoms with Crippen LogP contribution in [0.4, 0.5) is 5.69 Å². The standard InChI is InChI=1S/C32H34Cl2N2O5S/c1-32(2)15-13-23(14-16-32)28(19-21-3-5-24(6-4-21)30(37)35-17-18-42(39,40)41)31(38)36-26-10-7-22(8-11-26)27-12-9-25(33)20-29(27)34/h3-13,15,20,23,28H,14,16-19H2,1-2H3,(H,35,37)(H,36,38)(H,39,40,41). The number of anilines is 1. The monoisotopic (exact) mass is 628 g/mol. The third-order valence-electron chi connectivity index (χ3n) is 7.48. The second-order valence-electron chi connectivity index (χ2n) is 11.3. The summed E-state index contributed by atoms with van der Waals surface area (Å²) in [6.07, 6.45) is 6.66. The van der Waals surface area contributed by atoms with Crippen molar-refractivity contribution in [2.24, 2.45) is 17.3 Å². The largest absolute Gasteiger partial charge is 0.351 e. The van der Waals surface area contributed by atoms with E-state index in [1.807, 2.05) is 30.3 Å². The van der Waals surface area contributed by atoms with Crippen LogP contribution in [0.2, 0.25) is 10.0 Å². The number of allylic oxidation sites excluding steroid dienone is 2. The van der Waals surface area contributed by atoms with E-state index < -0.39 is 21.8 Å². The van der Waals surface area contributed by atoms with Gasteiger partial charge in [0, 0.05) is 39.3 Å². The molecule has 2 unspecified atom stereocenters. The fourth-order valence-corrected chi connectivity index (χ4v) is 5.89. The third-order valence-corrected chi connectivity index (χ3v) is 8.75. The second kappa shape index (κ2) is 13.4. The van der Waals surface area contributed by atoms with Crippen molar-refractivity contribution in [1.29, 1.82) is 0 Å². The highest BCUT2D eigenvalue weighted by atomic mass is 35.5. The molecular formula is C32H34Cl2N2O5S. The van der Waals surface area contributed by atoms with Crippen LogP contribution in [0.15, 0.2) is 78.9 Å². The average Bonchev–Trinajstić information content (AvgIpc) is 2.92. The SMILES string of the molecule is CC1(C)C=CC(C(Cc2ccc(C(=O)NCCS(=O)(=O)O)cc2)C(=O)Nc2ccc(-c3ccc(Cl)cc3Cl)cc2)CC1. The van der Waals surface area contributed by atoms with Crippen molar-refractivity contribution in [3.05, 3.63) is 100 Å². The van der Waals surface area contributed by atoms with Crippen LogP contribution >= 0.6 is 23.2 Å². The zero-order valence-corrected chi connectivity index (χ0v) is 25.8. The van der Waals surface area contributed by atoms with E-state index in [0.717, 1.165) is 29.5 Å². The summed E-state index contributed by atoms with van der Waals surface area (Å²) in [4.78, 5) is 26.0. The van der Waals surface area contributed by atoms with Crippen LogP contribution in [-0.2, 0) is 21.3 Å². The molecule has 0 saturated carbocycles. The maximum atomic E-state index is 13.7. The molecule has 0 fully saturated rings. The van der Waals surface area contributed by atoms with E-state index >= 15 is 0 Å². The Bertz CT molecular complexity index is 1570. The summed E-state index contributed by atoms with van der Waals surface area (Å²) in [5.41, 5.74) is 3.77. The van der Waals surface area contributed by atoms with E-state index in [-0.39, 0.29) is 29.7 Å². The Morgan fingerprint density at radius 3 is 2.31 bits per heavy atom. The minimum absolute atomic E-state index is 0.0496. The van der Waals surface area contributed by atoms with Gasteiger partial charge < -0.3 is 10.6 Å². The summed E-state index contributed by atoms with van der Waals surface area (Å²) in [7, 11) is -4.16. The molecule has 7 nitrogen and oxygen atoms in total. The predicted octanol–water partition coefficient (Wildman–Crippen LogP) is 7.07. The zero-order valence-electron chi connectivity index (χ0n) is 23.4. The molecule has 3 N–H and O–H groups in total. The van der Waals surface area contributed by atoms with Gasteiger partial charge in [0.05, 0.1) is 5.75 Å². The van der Waals surface area contributed by atoms with Crippen LogP contribution in [0.5, 0.6) is 0 Å². The number of carbonyl (C=O) groups is 2. The van der Waals surface area contributed by atoms with Crippen molar-refractivity contribution in [1.82, 2.24) is 5.32 Å². The maximum absolute atomic E-state index is 13.7. The predicted molar refractivity (Wildman–Crippen MR) is 169 cm³/mol. The third kappa shape index (κ3) is 8.91. The van der Waals surface area contributed by atoms with Gasteiger partial charge in [-0.05, 0) is 78.1 Å². The number of halogens is 2. The highest BCUT2D eigenvalue weighted by Gasteiger charge is 2.31. The summed E-state index contributed by atoms with van der Waals surface area (Å²) < 4.78 is 30.6. The lowest BCUT2D eigenvalue weighted by molar-refractivity contribution is -0.121. The lowest BCUT2D eigenvalue weighted by atomic mass is 9.73. The molecule has 2 amide bonds. The Labute approximate surface area is 257 Å². The van der Waals surface area contributed by atoms with Gasteiger partial charge in [-0.2, -0.15) is 8.42 Å². The summed E-state index contributed by atoms with van der Waals surface area (Å²) in [6.45, 7) is 4.17. The molecule has 0 spiro atoms. The Kier molecular flexibility index (Phi) is 10.1. The van der Waals surface area contributed by atoms with Crippen LogP contribution in [0.25, 0.3) is 11.1 Å². The number of hydrogen-bond acceptors (Lipinski definition) is 4. The van der Waals surface area contributed by atoms with Gasteiger partial charge in [0.1, 0.15) is 0 Å². The smallest absolute Gasteiger partial charge is 0.266 e. The van der Waals surface area contributed by atoms with Gasteiger partial charge in [0.25, 0.3) is 16.0 Å². The highest BCUT2D eigenvalue weighted by molar-refractivity contribution is 7.85. The van der Waals surface area contributed by atoms with Crippen LogP contribution < -0.4 is 10.6 Å². The first-order valence-corrected chi connectivity index (χ1v) is 16.0. The van der Waals surface area contributed by atoms with Crippen molar-refractivity contribution in [2.75, 3.05) is 17.6 Å². The maximum Gasteiger partial charge on any atom is 0.266 e. The van der Waals surface area contributed by atoms with Crippen LogP contribution in [0.3, 0.4) is 0 Å². The van der Waals surface area contributed by atoms with Gasteiger partial charge in [0.15, 0.2) is 0 Å². The Morgan fingerprint density at radius 2 is 1.71 bits per heavy atom. The van der Waals surface area contributed by atoms with Gasteiger partial charge in [-0.15, -0.1) is 0 Å². The summed E-state index contributed by atoms with van der Waals surface area (Å²) in [5.74, 6) is -1.38. The lowest BCUT2D eigenvalue weighted by Gasteiger charge is -2.32. The zero-order chi connectivity index (χ0) is 30.5. The molecule has 10 heteroatoms. The van der Waals surface area contributed by atoms with Crippen molar-refractivity contribution >= 4 is 50.8 Å². The molecule has 0 saturated heterocycles. The minimum atomic E-state index is -4.16. The molecule has 0 aromatic heterocycles. The summed E-state index contributed by atoms with van der Waals surface area (Å²) in [5, 5.41) is 6.67. The summed E-state index contributed by atoms with van der Waals surface area (Å²) >= 11 is 12.4. The topological polar surface area (TPSA) is 113 Å². The molecule has 2 atom stereocenters. The summed E-state index contributed by atoms with van der Waals surface area (Å²) in [6, 6.07) is 19.8. The first-order chi connectivity index (χ1) is 19.8. The lowest BCUT2D eigenvalue weighted by Crippen LogP contribution is -2.33. The molecule has 0 heterocycles. The normalized spacial score (nSPS) is 16.9. The molecule has 42 heavy (non-hydrogen) atoms. The molecular weight excluding hydrogens is 595 g/mol. The first kappa shape index (κ1) is 31.8. The number of hydrogen-bond donors (Lipinski definition) is 3. The highest BCUT2D eigenvalue weighted by Crippen LogP contribution is 2.37. The van der Waals surface area contributed by atoms with Gasteiger partial charge in [-0.1, -0.05) is 79.5 Å². The fraction of sp³-hybridized carbons (Fsp3) is 0.312. The Hall–Kier alpha value is -3.17. The van der Waals surface area contributed by atoms with Gasteiger partial charge in [-0.25, -0.2) is 0 Å². The number of rotatable bonds is 10. The Morgan fingerprint density at radius 1 is 1.02 bits per heavy atom. The Balaban J connectivity index is 1.48. The first-order valence-electron chi connectivity index (χ1n) is 13.7. The number of carbonyl (C=O) groups excluding carboxylic acids is 2. The van der Waals surface area contributed by atoms with Gasteiger partial charge in [-0.3, -0.25) is 14.1 Å². The molecule has 3 aromatic rings. The molecule has 0 aliphatic heterocycles. The van der Waals surface area contributed by atoms with Crippen molar-refractivity contribution < 1.29 is 22.6 Å². The molecule has 4 rings (SSSR count). The number of benzene rings is 3. The van der Waals surface area contributed by atoms with Crippen LogP contribution in [0, 0.1) is 17.3 Å². The second-order valence-corrected chi connectivity index (χ2v) is 13.7. The number of nitrogens with one attached hydrogen (secondary N) is 2. The quantitative estimate of drug-likeness (QED) is 0.164. The number of amides is 2. The van der Waals surface area contributed by atoms with Gasteiger partial charge >= 0.3 is 0 Å². The molecule has 1 aliphatic carbocycles. The molecule has 3 aromatic carbocycles. The van der Waals surface area contributed by atoms with E-state index in [0.29, 0.717) is 27.7 Å². The van der Waals surface area contributed by atoms with E-state index in [1.165, 1.54) is 0 Å².